The molecular weight excluding hydrogens is 352 g/mol. The van der Waals surface area contributed by atoms with Crippen LogP contribution < -0.4 is 20.5 Å². The molecule has 0 bridgehead atoms. The molecule has 0 heterocycles. The van der Waals surface area contributed by atoms with E-state index in [1.165, 1.54) is 0 Å². The van der Waals surface area contributed by atoms with Crippen LogP contribution in [-0.2, 0) is 0 Å². The van der Waals surface area contributed by atoms with Crippen LogP contribution in [0.25, 0.3) is 0 Å². The molecule has 2 rings (SSSR count). The number of benzene rings is 2. The molecule has 0 aliphatic heterocycles. The lowest BCUT2D eigenvalue weighted by atomic mass is 10.2. The molecule has 3 N–H and O–H groups in total. The molecule has 2 aromatic carbocycles. The van der Waals surface area contributed by atoms with E-state index in [9.17, 15) is 0 Å². The Morgan fingerprint density at radius 3 is 2.43 bits per heavy atom. The van der Waals surface area contributed by atoms with Gasteiger partial charge >= 0.3 is 0 Å². The summed E-state index contributed by atoms with van der Waals surface area (Å²) in [5.74, 6) is 1.47. The number of ether oxygens (including phenoxy) is 2. The van der Waals surface area contributed by atoms with Crippen LogP contribution in [0.5, 0.6) is 11.5 Å². The second-order valence-corrected chi connectivity index (χ2v) is 5.54. The molecular formula is C15H15BrN2O2S. The van der Waals surface area contributed by atoms with Gasteiger partial charge in [-0.05, 0) is 46.3 Å². The van der Waals surface area contributed by atoms with Crippen molar-refractivity contribution in [2.75, 3.05) is 19.5 Å². The van der Waals surface area contributed by atoms with Crippen molar-refractivity contribution < 1.29 is 9.47 Å². The summed E-state index contributed by atoms with van der Waals surface area (Å²) in [4.78, 5) is 0.362. The van der Waals surface area contributed by atoms with E-state index in [1.807, 2.05) is 36.4 Å². The van der Waals surface area contributed by atoms with E-state index < -0.39 is 0 Å². The molecule has 4 nitrogen and oxygen atoms in total. The van der Waals surface area contributed by atoms with Crippen molar-refractivity contribution in [3.8, 4) is 11.5 Å². The highest BCUT2D eigenvalue weighted by molar-refractivity contribution is 9.10. The van der Waals surface area contributed by atoms with Crippen LogP contribution in [0.4, 0.5) is 11.4 Å². The van der Waals surface area contributed by atoms with Gasteiger partial charge in [-0.25, -0.2) is 0 Å². The van der Waals surface area contributed by atoms with Crippen LogP contribution in [0.2, 0.25) is 0 Å². The van der Waals surface area contributed by atoms with E-state index in [2.05, 4.69) is 21.2 Å². The monoisotopic (exact) mass is 366 g/mol. The standard InChI is InChI=1S/C15H15BrN2O2S/c1-19-10-4-6-14(20-2)13(8-10)18-12-5-3-9(15(17)21)7-11(12)16/h3-8,18H,1-2H3,(H2,17,21). The van der Waals surface area contributed by atoms with Gasteiger partial charge in [0.25, 0.3) is 0 Å². The molecule has 110 valence electrons. The molecule has 0 aromatic heterocycles. The minimum Gasteiger partial charge on any atom is -0.497 e. The highest BCUT2D eigenvalue weighted by atomic mass is 79.9. The fraction of sp³-hybridized carbons (Fsp3) is 0.133. The highest BCUT2D eigenvalue weighted by Gasteiger charge is 2.08. The number of anilines is 2. The fourth-order valence-corrected chi connectivity index (χ4v) is 2.43. The molecule has 0 amide bonds. The lowest BCUT2D eigenvalue weighted by molar-refractivity contribution is 0.405. The van der Waals surface area contributed by atoms with Crippen molar-refractivity contribution in [3.63, 3.8) is 0 Å². The van der Waals surface area contributed by atoms with E-state index in [4.69, 9.17) is 27.4 Å². The molecule has 6 heteroatoms. The SMILES string of the molecule is COc1ccc(OC)c(Nc2ccc(C(N)=S)cc2Br)c1. The number of methoxy groups -OCH3 is 2. The van der Waals surface area contributed by atoms with Gasteiger partial charge < -0.3 is 20.5 Å². The molecule has 2 aromatic rings. The Kier molecular flexibility index (Phi) is 5.03. The van der Waals surface area contributed by atoms with Crippen LogP contribution >= 0.6 is 28.1 Å². The Balaban J connectivity index is 2.35. The van der Waals surface area contributed by atoms with Crippen LogP contribution in [0, 0.1) is 0 Å². The molecule has 0 atom stereocenters. The molecule has 0 aliphatic rings. The zero-order valence-corrected chi connectivity index (χ0v) is 14.0. The number of nitrogens with two attached hydrogens (primary N) is 1. The largest absolute Gasteiger partial charge is 0.497 e. The Morgan fingerprint density at radius 1 is 1.10 bits per heavy atom. The van der Waals surface area contributed by atoms with Crippen LogP contribution in [-0.4, -0.2) is 19.2 Å². The lowest BCUT2D eigenvalue weighted by Crippen LogP contribution is -2.09. The summed E-state index contributed by atoms with van der Waals surface area (Å²) >= 11 is 8.47. The average molecular weight is 367 g/mol. The maximum atomic E-state index is 5.62. The second-order valence-electron chi connectivity index (χ2n) is 4.25. The molecule has 0 radical (unpaired) electrons. The Hall–Kier alpha value is -1.79. The van der Waals surface area contributed by atoms with Gasteiger partial charge in [-0.15, -0.1) is 0 Å². The first-order valence-corrected chi connectivity index (χ1v) is 7.33. The molecule has 0 saturated heterocycles. The predicted molar refractivity (Wildman–Crippen MR) is 92.9 cm³/mol. The van der Waals surface area contributed by atoms with Gasteiger partial charge in [0, 0.05) is 16.1 Å². The van der Waals surface area contributed by atoms with Crippen molar-refractivity contribution in [1.82, 2.24) is 0 Å². The summed E-state index contributed by atoms with van der Waals surface area (Å²) < 4.78 is 11.4. The number of hydrogen-bond donors (Lipinski definition) is 2. The first-order valence-electron chi connectivity index (χ1n) is 6.13. The zero-order chi connectivity index (χ0) is 15.4. The average Bonchev–Trinajstić information content (AvgIpc) is 2.49. The predicted octanol–water partition coefficient (Wildman–Crippen LogP) is 3.84. The van der Waals surface area contributed by atoms with Crippen molar-refractivity contribution in [1.29, 1.82) is 0 Å². The summed E-state index contributed by atoms with van der Waals surface area (Å²) in [6, 6.07) is 11.2. The van der Waals surface area contributed by atoms with E-state index in [0.29, 0.717) is 4.99 Å². The maximum Gasteiger partial charge on any atom is 0.142 e. The zero-order valence-electron chi connectivity index (χ0n) is 11.6. The second kappa shape index (κ2) is 6.78. The summed E-state index contributed by atoms with van der Waals surface area (Å²) in [5, 5.41) is 3.30. The summed E-state index contributed by atoms with van der Waals surface area (Å²) in [6.07, 6.45) is 0. The Labute approximate surface area is 137 Å². The number of nitrogens with one attached hydrogen (secondary N) is 1. The number of thiocarbonyl (C=S) groups is 1. The van der Waals surface area contributed by atoms with E-state index in [1.54, 1.807) is 14.2 Å². The third-order valence-electron chi connectivity index (χ3n) is 2.93. The summed E-state index contributed by atoms with van der Waals surface area (Å²) in [6.45, 7) is 0. The fourth-order valence-electron chi connectivity index (χ4n) is 1.83. The van der Waals surface area contributed by atoms with Gasteiger partial charge in [-0.2, -0.15) is 0 Å². The van der Waals surface area contributed by atoms with Crippen molar-refractivity contribution >= 4 is 44.5 Å². The smallest absolute Gasteiger partial charge is 0.142 e. The Morgan fingerprint density at radius 2 is 1.86 bits per heavy atom. The molecule has 0 saturated carbocycles. The molecule has 21 heavy (non-hydrogen) atoms. The van der Waals surface area contributed by atoms with Crippen LogP contribution in [0.1, 0.15) is 5.56 Å². The minimum absolute atomic E-state index is 0.362. The minimum atomic E-state index is 0.362. The third kappa shape index (κ3) is 3.65. The lowest BCUT2D eigenvalue weighted by Gasteiger charge is -2.14. The van der Waals surface area contributed by atoms with Crippen molar-refractivity contribution in [3.05, 3.63) is 46.4 Å². The summed E-state index contributed by atoms with van der Waals surface area (Å²) in [7, 11) is 3.25. The Bertz CT molecular complexity index is 677. The first-order chi connectivity index (χ1) is 10.0. The van der Waals surface area contributed by atoms with Gasteiger partial charge in [0.1, 0.15) is 16.5 Å². The molecule has 0 aliphatic carbocycles. The highest BCUT2D eigenvalue weighted by Crippen LogP contribution is 2.34. The maximum absolute atomic E-state index is 5.62. The third-order valence-corrected chi connectivity index (χ3v) is 3.82. The first kappa shape index (κ1) is 15.6. The molecule has 0 fully saturated rings. The van der Waals surface area contributed by atoms with Gasteiger partial charge in [0.2, 0.25) is 0 Å². The summed E-state index contributed by atoms with van der Waals surface area (Å²) in [5.41, 5.74) is 8.11. The topological polar surface area (TPSA) is 56.5 Å². The molecule has 0 unspecified atom stereocenters. The normalized spacial score (nSPS) is 10.0. The van der Waals surface area contributed by atoms with Crippen molar-refractivity contribution in [2.45, 2.75) is 0 Å². The van der Waals surface area contributed by atoms with E-state index >= 15 is 0 Å². The number of rotatable bonds is 5. The van der Waals surface area contributed by atoms with Crippen LogP contribution in [0.15, 0.2) is 40.9 Å². The number of hydrogen-bond acceptors (Lipinski definition) is 4. The number of halogens is 1. The van der Waals surface area contributed by atoms with E-state index in [0.717, 1.165) is 32.9 Å². The van der Waals surface area contributed by atoms with E-state index in [-0.39, 0.29) is 0 Å². The quantitative estimate of drug-likeness (QED) is 0.787. The van der Waals surface area contributed by atoms with Gasteiger partial charge in [-0.1, -0.05) is 12.2 Å². The molecule has 0 spiro atoms. The van der Waals surface area contributed by atoms with Gasteiger partial charge in [-0.3, -0.25) is 0 Å². The van der Waals surface area contributed by atoms with Gasteiger partial charge in [0.05, 0.1) is 25.6 Å². The van der Waals surface area contributed by atoms with Crippen LogP contribution in [0.3, 0.4) is 0 Å². The van der Waals surface area contributed by atoms with Gasteiger partial charge in [0.15, 0.2) is 0 Å². The van der Waals surface area contributed by atoms with Crippen molar-refractivity contribution in [2.24, 2.45) is 5.73 Å².